The van der Waals surface area contributed by atoms with E-state index in [1.54, 1.807) is 12.4 Å². The molecule has 0 spiro atoms. The predicted octanol–water partition coefficient (Wildman–Crippen LogP) is 1.89. The van der Waals surface area contributed by atoms with Gasteiger partial charge in [-0.15, -0.1) is 11.6 Å². The largest absolute Gasteiger partial charge is 0.337 e. The van der Waals surface area contributed by atoms with Crippen LogP contribution in [-0.4, -0.2) is 26.6 Å². The molecule has 2 rings (SSSR count). The highest BCUT2D eigenvalue weighted by Crippen LogP contribution is 2.13. The zero-order valence-electron chi connectivity index (χ0n) is 10.8. The maximum atomic E-state index is 5.79. The van der Waals surface area contributed by atoms with E-state index in [4.69, 9.17) is 11.6 Å². The average Bonchev–Trinajstić information content (AvgIpc) is 2.75. The van der Waals surface area contributed by atoms with Gasteiger partial charge in [-0.1, -0.05) is 0 Å². The van der Waals surface area contributed by atoms with E-state index in [1.807, 2.05) is 36.7 Å². The fourth-order valence-electron chi connectivity index (χ4n) is 1.63. The van der Waals surface area contributed by atoms with E-state index < -0.39 is 0 Å². The number of aryl methyl sites for hydroxylation is 2. The minimum atomic E-state index is 0.440. The van der Waals surface area contributed by atoms with E-state index in [0.717, 1.165) is 17.1 Å². The third kappa shape index (κ3) is 2.61. The molecule has 18 heavy (non-hydrogen) atoms. The number of aromatic nitrogens is 4. The quantitative estimate of drug-likeness (QED) is 0.792. The third-order valence-corrected chi connectivity index (χ3v) is 3.14. The lowest BCUT2D eigenvalue weighted by Gasteiger charge is -2.17. The number of nitrogens with zero attached hydrogens (tertiary/aromatic N) is 5. The molecule has 0 bridgehead atoms. The standard InChI is InChI=1S/C12H16ClN5/c1-9-10(6-13)7-15-12(16-9)18(3)8-11-14-4-5-17(11)2/h4-5,7H,6,8H2,1-3H3. The number of alkyl halides is 1. The van der Waals surface area contributed by atoms with E-state index in [2.05, 4.69) is 15.0 Å². The molecule has 0 amide bonds. The molecule has 2 heterocycles. The SMILES string of the molecule is Cc1nc(N(C)Cc2nccn2C)ncc1CCl. The van der Waals surface area contributed by atoms with Crippen molar-refractivity contribution in [3.8, 4) is 0 Å². The van der Waals surface area contributed by atoms with E-state index in [1.165, 1.54) is 0 Å². The zero-order chi connectivity index (χ0) is 13.1. The van der Waals surface area contributed by atoms with Gasteiger partial charge in [0, 0.05) is 43.9 Å². The first-order chi connectivity index (χ1) is 8.61. The maximum absolute atomic E-state index is 5.79. The van der Waals surface area contributed by atoms with E-state index in [-0.39, 0.29) is 0 Å². The number of hydrogen-bond acceptors (Lipinski definition) is 4. The molecule has 6 heteroatoms. The summed E-state index contributed by atoms with van der Waals surface area (Å²) in [6, 6.07) is 0. The molecule has 0 radical (unpaired) electrons. The minimum absolute atomic E-state index is 0.440. The van der Waals surface area contributed by atoms with Gasteiger partial charge in [-0.25, -0.2) is 15.0 Å². The second-order valence-corrected chi connectivity index (χ2v) is 4.49. The van der Waals surface area contributed by atoms with Crippen molar-refractivity contribution in [2.24, 2.45) is 7.05 Å². The first kappa shape index (κ1) is 12.8. The molecule has 2 aromatic rings. The second-order valence-electron chi connectivity index (χ2n) is 4.22. The van der Waals surface area contributed by atoms with Crippen molar-refractivity contribution in [2.45, 2.75) is 19.3 Å². The summed E-state index contributed by atoms with van der Waals surface area (Å²) >= 11 is 5.79. The lowest BCUT2D eigenvalue weighted by molar-refractivity contribution is 0.744. The number of rotatable bonds is 4. The van der Waals surface area contributed by atoms with Gasteiger partial charge in [0.1, 0.15) is 5.82 Å². The van der Waals surface area contributed by atoms with Crippen LogP contribution in [0.15, 0.2) is 18.6 Å². The zero-order valence-corrected chi connectivity index (χ0v) is 11.5. The molecule has 0 fully saturated rings. The van der Waals surface area contributed by atoms with Crippen molar-refractivity contribution in [2.75, 3.05) is 11.9 Å². The van der Waals surface area contributed by atoms with Crippen LogP contribution in [0.5, 0.6) is 0 Å². The predicted molar refractivity (Wildman–Crippen MR) is 71.6 cm³/mol. The smallest absolute Gasteiger partial charge is 0.225 e. The van der Waals surface area contributed by atoms with Crippen LogP contribution in [0.2, 0.25) is 0 Å². The van der Waals surface area contributed by atoms with Gasteiger partial charge in [0.15, 0.2) is 0 Å². The molecule has 0 aromatic carbocycles. The number of anilines is 1. The Hall–Kier alpha value is -1.62. The molecule has 0 aliphatic carbocycles. The van der Waals surface area contributed by atoms with Gasteiger partial charge in [-0.05, 0) is 6.92 Å². The molecular formula is C12H16ClN5. The van der Waals surface area contributed by atoms with E-state index in [9.17, 15) is 0 Å². The van der Waals surface area contributed by atoms with E-state index in [0.29, 0.717) is 18.4 Å². The molecule has 0 saturated heterocycles. The van der Waals surface area contributed by atoms with Crippen molar-refractivity contribution >= 4 is 17.5 Å². The van der Waals surface area contributed by atoms with Crippen LogP contribution < -0.4 is 4.90 Å². The Morgan fingerprint density at radius 2 is 2.17 bits per heavy atom. The topological polar surface area (TPSA) is 46.8 Å². The van der Waals surface area contributed by atoms with Crippen LogP contribution in [-0.2, 0) is 19.5 Å². The van der Waals surface area contributed by atoms with Crippen LogP contribution in [0.4, 0.5) is 5.95 Å². The summed E-state index contributed by atoms with van der Waals surface area (Å²) in [5.74, 6) is 2.10. The van der Waals surface area contributed by atoms with Gasteiger partial charge in [-0.2, -0.15) is 0 Å². The summed E-state index contributed by atoms with van der Waals surface area (Å²) in [5, 5.41) is 0. The Bertz CT molecular complexity index is 537. The molecule has 0 atom stereocenters. The van der Waals surface area contributed by atoms with Gasteiger partial charge < -0.3 is 9.47 Å². The lowest BCUT2D eigenvalue weighted by atomic mass is 10.3. The van der Waals surface area contributed by atoms with Crippen molar-refractivity contribution in [3.05, 3.63) is 35.7 Å². The second kappa shape index (κ2) is 5.35. The van der Waals surface area contributed by atoms with Gasteiger partial charge >= 0.3 is 0 Å². The highest BCUT2D eigenvalue weighted by Gasteiger charge is 2.09. The summed E-state index contributed by atoms with van der Waals surface area (Å²) < 4.78 is 1.98. The van der Waals surface area contributed by atoms with Crippen molar-refractivity contribution < 1.29 is 0 Å². The van der Waals surface area contributed by atoms with Gasteiger partial charge in [0.2, 0.25) is 5.95 Å². The summed E-state index contributed by atoms with van der Waals surface area (Å²) in [7, 11) is 3.92. The van der Waals surface area contributed by atoms with Crippen LogP contribution >= 0.6 is 11.6 Å². The average molecular weight is 266 g/mol. The molecular weight excluding hydrogens is 250 g/mol. The monoisotopic (exact) mass is 265 g/mol. The highest BCUT2D eigenvalue weighted by atomic mass is 35.5. The van der Waals surface area contributed by atoms with Crippen molar-refractivity contribution in [1.82, 2.24) is 19.5 Å². The Kier molecular flexibility index (Phi) is 3.81. The highest BCUT2D eigenvalue weighted by molar-refractivity contribution is 6.17. The van der Waals surface area contributed by atoms with Crippen LogP contribution in [0.1, 0.15) is 17.1 Å². The van der Waals surface area contributed by atoms with Gasteiger partial charge in [-0.3, -0.25) is 0 Å². The fraction of sp³-hybridized carbons (Fsp3) is 0.417. The normalized spacial score (nSPS) is 10.7. The summed E-state index contributed by atoms with van der Waals surface area (Å²) in [4.78, 5) is 15.0. The fourth-order valence-corrected chi connectivity index (χ4v) is 1.89. The van der Waals surface area contributed by atoms with Crippen molar-refractivity contribution in [3.63, 3.8) is 0 Å². The summed E-state index contributed by atoms with van der Waals surface area (Å²) in [5.41, 5.74) is 1.88. The van der Waals surface area contributed by atoms with Crippen LogP contribution in [0.3, 0.4) is 0 Å². The Balaban J connectivity index is 2.16. The van der Waals surface area contributed by atoms with Crippen LogP contribution in [0, 0.1) is 6.92 Å². The first-order valence-electron chi connectivity index (χ1n) is 5.67. The molecule has 2 aromatic heterocycles. The van der Waals surface area contributed by atoms with Gasteiger partial charge in [0.25, 0.3) is 0 Å². The summed E-state index contributed by atoms with van der Waals surface area (Å²) in [6.45, 7) is 2.61. The Morgan fingerprint density at radius 1 is 1.39 bits per heavy atom. The third-order valence-electron chi connectivity index (χ3n) is 2.85. The molecule has 0 unspecified atom stereocenters. The molecule has 0 N–H and O–H groups in total. The molecule has 0 saturated carbocycles. The number of imidazole rings is 1. The van der Waals surface area contributed by atoms with Crippen molar-refractivity contribution in [1.29, 1.82) is 0 Å². The first-order valence-corrected chi connectivity index (χ1v) is 6.21. The number of halogens is 1. The lowest BCUT2D eigenvalue weighted by Crippen LogP contribution is -2.21. The molecule has 96 valence electrons. The van der Waals surface area contributed by atoms with Crippen LogP contribution in [0.25, 0.3) is 0 Å². The molecule has 0 aliphatic heterocycles. The number of hydrogen-bond donors (Lipinski definition) is 0. The molecule has 5 nitrogen and oxygen atoms in total. The Morgan fingerprint density at radius 3 is 2.72 bits per heavy atom. The minimum Gasteiger partial charge on any atom is -0.337 e. The summed E-state index contributed by atoms with van der Waals surface area (Å²) in [6.07, 6.45) is 5.48. The van der Waals surface area contributed by atoms with Gasteiger partial charge in [0.05, 0.1) is 12.4 Å². The van der Waals surface area contributed by atoms with E-state index >= 15 is 0 Å². The Labute approximate surface area is 111 Å². The molecule has 0 aliphatic rings. The maximum Gasteiger partial charge on any atom is 0.225 e.